The van der Waals surface area contributed by atoms with Crippen LogP contribution in [0, 0.1) is 17.2 Å². The van der Waals surface area contributed by atoms with Crippen molar-refractivity contribution in [2.24, 2.45) is 5.92 Å². The van der Waals surface area contributed by atoms with Gasteiger partial charge < -0.3 is 4.90 Å². The van der Waals surface area contributed by atoms with Crippen LogP contribution in [0.15, 0.2) is 18.2 Å². The number of amides is 1. The lowest BCUT2D eigenvalue weighted by molar-refractivity contribution is -0.117. The first-order valence-corrected chi connectivity index (χ1v) is 5.83. The Balaban J connectivity index is 2.40. The molecule has 1 aliphatic rings. The molecule has 1 unspecified atom stereocenters. The van der Waals surface area contributed by atoms with Crippen molar-refractivity contribution in [2.45, 2.75) is 26.2 Å². The number of carbonyl (C=O) groups excluding carboxylic acids is 1. The maximum atomic E-state index is 11.6. The SMILES string of the molecule is CC(C)C(C#N)c1ccc2c(c1)CC(=O)N2C. The molecule has 0 radical (unpaired) electrons. The van der Waals surface area contributed by atoms with Gasteiger partial charge in [0.25, 0.3) is 0 Å². The highest BCUT2D eigenvalue weighted by Gasteiger charge is 2.25. The fourth-order valence-corrected chi connectivity index (χ4v) is 2.29. The molecule has 0 bridgehead atoms. The molecular weight excluding hydrogens is 212 g/mol. The second-order valence-electron chi connectivity index (χ2n) is 4.87. The molecule has 0 N–H and O–H groups in total. The molecule has 3 heteroatoms. The summed E-state index contributed by atoms with van der Waals surface area (Å²) in [7, 11) is 1.79. The van der Waals surface area contributed by atoms with E-state index >= 15 is 0 Å². The molecule has 0 spiro atoms. The topological polar surface area (TPSA) is 44.1 Å². The number of nitriles is 1. The van der Waals surface area contributed by atoms with Crippen LogP contribution in [0.4, 0.5) is 5.69 Å². The molecule has 1 aromatic carbocycles. The van der Waals surface area contributed by atoms with Crippen molar-refractivity contribution in [3.8, 4) is 6.07 Å². The van der Waals surface area contributed by atoms with Crippen molar-refractivity contribution < 1.29 is 4.79 Å². The van der Waals surface area contributed by atoms with Gasteiger partial charge in [-0.05, 0) is 23.1 Å². The third-order valence-corrected chi connectivity index (χ3v) is 3.35. The second kappa shape index (κ2) is 4.21. The van der Waals surface area contributed by atoms with Crippen LogP contribution in [0.1, 0.15) is 30.9 Å². The number of benzene rings is 1. The smallest absolute Gasteiger partial charge is 0.231 e. The molecule has 1 aliphatic heterocycles. The molecule has 1 aromatic rings. The van der Waals surface area contributed by atoms with Crippen LogP contribution in [0.25, 0.3) is 0 Å². The van der Waals surface area contributed by atoms with Gasteiger partial charge in [-0.3, -0.25) is 4.79 Å². The second-order valence-corrected chi connectivity index (χ2v) is 4.87. The zero-order valence-corrected chi connectivity index (χ0v) is 10.4. The lowest BCUT2D eigenvalue weighted by Crippen LogP contribution is -2.20. The summed E-state index contributed by atoms with van der Waals surface area (Å²) in [5, 5.41) is 9.18. The van der Waals surface area contributed by atoms with E-state index in [1.54, 1.807) is 11.9 Å². The summed E-state index contributed by atoms with van der Waals surface area (Å²) in [5.74, 6) is 0.310. The first kappa shape index (κ1) is 11.7. The third kappa shape index (κ3) is 1.91. The Morgan fingerprint density at radius 3 is 2.71 bits per heavy atom. The standard InChI is InChI=1S/C14H16N2O/c1-9(2)12(8-15)10-4-5-13-11(6-10)7-14(17)16(13)3/h4-6,9,12H,7H2,1-3H3. The Bertz CT molecular complexity index is 499. The number of carbonyl (C=O) groups is 1. The highest BCUT2D eigenvalue weighted by atomic mass is 16.2. The van der Waals surface area contributed by atoms with Gasteiger partial charge in [0.05, 0.1) is 18.4 Å². The van der Waals surface area contributed by atoms with E-state index in [0.29, 0.717) is 6.42 Å². The Kier molecular flexibility index (Phi) is 2.89. The maximum Gasteiger partial charge on any atom is 0.231 e. The highest BCUT2D eigenvalue weighted by molar-refractivity contribution is 6.00. The number of likely N-dealkylation sites (N-methyl/N-ethyl adjacent to an activating group) is 1. The van der Waals surface area contributed by atoms with Gasteiger partial charge in [-0.15, -0.1) is 0 Å². The molecule has 17 heavy (non-hydrogen) atoms. The Morgan fingerprint density at radius 2 is 2.12 bits per heavy atom. The zero-order valence-electron chi connectivity index (χ0n) is 10.4. The van der Waals surface area contributed by atoms with Crippen molar-refractivity contribution in [2.75, 3.05) is 11.9 Å². The molecule has 3 nitrogen and oxygen atoms in total. The van der Waals surface area contributed by atoms with E-state index in [4.69, 9.17) is 0 Å². The molecule has 2 rings (SSSR count). The van der Waals surface area contributed by atoms with E-state index in [2.05, 4.69) is 6.07 Å². The molecule has 0 aromatic heterocycles. The van der Waals surface area contributed by atoms with Gasteiger partial charge in [0.2, 0.25) is 5.91 Å². The summed E-state index contributed by atoms with van der Waals surface area (Å²) in [6.07, 6.45) is 0.454. The van der Waals surface area contributed by atoms with E-state index < -0.39 is 0 Å². The fraction of sp³-hybridized carbons (Fsp3) is 0.429. The van der Waals surface area contributed by atoms with Gasteiger partial charge in [-0.2, -0.15) is 5.26 Å². The van der Waals surface area contributed by atoms with E-state index in [1.165, 1.54) is 0 Å². The Labute approximate surface area is 102 Å². The van der Waals surface area contributed by atoms with E-state index in [9.17, 15) is 10.1 Å². The predicted octanol–water partition coefficient (Wildman–Crippen LogP) is 2.47. The molecule has 1 atom stereocenters. The predicted molar refractivity (Wildman–Crippen MR) is 66.7 cm³/mol. The number of fused-ring (bicyclic) bond motifs is 1. The molecule has 0 fully saturated rings. The number of rotatable bonds is 2. The van der Waals surface area contributed by atoms with Crippen LogP contribution in [0.3, 0.4) is 0 Å². The molecule has 0 saturated carbocycles. The van der Waals surface area contributed by atoms with Crippen LogP contribution in [-0.2, 0) is 11.2 Å². The van der Waals surface area contributed by atoms with Gasteiger partial charge in [-0.1, -0.05) is 26.0 Å². The number of hydrogen-bond acceptors (Lipinski definition) is 2. The Morgan fingerprint density at radius 1 is 1.41 bits per heavy atom. The molecule has 0 saturated heterocycles. The average molecular weight is 228 g/mol. The summed E-state index contributed by atoms with van der Waals surface area (Å²) >= 11 is 0. The van der Waals surface area contributed by atoms with Crippen LogP contribution in [0.2, 0.25) is 0 Å². The van der Waals surface area contributed by atoms with Gasteiger partial charge in [0.15, 0.2) is 0 Å². The Hall–Kier alpha value is -1.82. The summed E-state index contributed by atoms with van der Waals surface area (Å²) in [6, 6.07) is 8.24. The minimum Gasteiger partial charge on any atom is -0.315 e. The summed E-state index contributed by atoms with van der Waals surface area (Å²) in [4.78, 5) is 13.3. The number of nitrogens with zero attached hydrogens (tertiary/aromatic N) is 2. The van der Waals surface area contributed by atoms with Crippen molar-refractivity contribution >= 4 is 11.6 Å². The quantitative estimate of drug-likeness (QED) is 0.780. The van der Waals surface area contributed by atoms with Crippen molar-refractivity contribution in [1.82, 2.24) is 0 Å². The summed E-state index contributed by atoms with van der Waals surface area (Å²) in [6.45, 7) is 4.08. The molecule has 1 amide bonds. The lowest BCUT2D eigenvalue weighted by Gasteiger charge is -2.15. The van der Waals surface area contributed by atoms with Crippen molar-refractivity contribution in [3.63, 3.8) is 0 Å². The van der Waals surface area contributed by atoms with Crippen LogP contribution in [-0.4, -0.2) is 13.0 Å². The maximum absolute atomic E-state index is 11.6. The third-order valence-electron chi connectivity index (χ3n) is 3.35. The van der Waals surface area contributed by atoms with Gasteiger partial charge in [-0.25, -0.2) is 0 Å². The summed E-state index contributed by atoms with van der Waals surface area (Å²) in [5.41, 5.74) is 3.03. The molecular formula is C14H16N2O. The van der Waals surface area contributed by atoms with Crippen molar-refractivity contribution in [1.29, 1.82) is 5.26 Å². The zero-order chi connectivity index (χ0) is 12.6. The first-order valence-electron chi connectivity index (χ1n) is 5.83. The summed E-state index contributed by atoms with van der Waals surface area (Å²) < 4.78 is 0. The largest absolute Gasteiger partial charge is 0.315 e. The highest BCUT2D eigenvalue weighted by Crippen LogP contribution is 2.32. The number of hydrogen-bond donors (Lipinski definition) is 0. The average Bonchev–Trinajstić information content (AvgIpc) is 2.55. The molecule has 0 aliphatic carbocycles. The van der Waals surface area contributed by atoms with E-state index in [1.807, 2.05) is 32.0 Å². The van der Waals surface area contributed by atoms with Crippen LogP contribution < -0.4 is 4.90 Å². The van der Waals surface area contributed by atoms with Crippen LogP contribution >= 0.6 is 0 Å². The molecule has 1 heterocycles. The first-order chi connectivity index (χ1) is 8.04. The number of anilines is 1. The van der Waals surface area contributed by atoms with Gasteiger partial charge in [0.1, 0.15) is 0 Å². The monoisotopic (exact) mass is 228 g/mol. The van der Waals surface area contributed by atoms with Gasteiger partial charge in [0, 0.05) is 12.7 Å². The van der Waals surface area contributed by atoms with Crippen LogP contribution in [0.5, 0.6) is 0 Å². The minimum absolute atomic E-state index is 0.0960. The fourth-order valence-electron chi connectivity index (χ4n) is 2.29. The molecule has 88 valence electrons. The lowest BCUT2D eigenvalue weighted by atomic mass is 9.88. The van der Waals surface area contributed by atoms with E-state index in [0.717, 1.165) is 16.8 Å². The minimum atomic E-state index is -0.0960. The van der Waals surface area contributed by atoms with Crippen molar-refractivity contribution in [3.05, 3.63) is 29.3 Å². The normalized spacial score (nSPS) is 15.9. The van der Waals surface area contributed by atoms with E-state index in [-0.39, 0.29) is 17.7 Å². The van der Waals surface area contributed by atoms with Gasteiger partial charge >= 0.3 is 0 Å².